The number of benzene rings is 1. The third kappa shape index (κ3) is 5.23. The molecule has 9 nitrogen and oxygen atoms in total. The minimum atomic E-state index is -0.278. The largest absolute Gasteiger partial charge is 0.381 e. The van der Waals surface area contributed by atoms with Gasteiger partial charge in [0.05, 0.1) is 34.0 Å². The Hall–Kier alpha value is -3.63. The average Bonchev–Trinajstić information content (AvgIpc) is 3.57. The molecule has 2 amide bonds. The predicted octanol–water partition coefficient (Wildman–Crippen LogP) is 3.87. The summed E-state index contributed by atoms with van der Waals surface area (Å²) in [6.45, 7) is 3.35. The van der Waals surface area contributed by atoms with E-state index in [1.165, 1.54) is 17.7 Å². The van der Waals surface area contributed by atoms with E-state index in [0.717, 1.165) is 35.0 Å². The highest BCUT2D eigenvalue weighted by atomic mass is 32.1. The number of carbonyl (C=O) groups is 2. The lowest BCUT2D eigenvalue weighted by atomic mass is 10.1. The zero-order chi connectivity index (χ0) is 24.2. The van der Waals surface area contributed by atoms with Gasteiger partial charge in [0.25, 0.3) is 11.8 Å². The van der Waals surface area contributed by atoms with Crippen molar-refractivity contribution in [2.24, 2.45) is 0 Å². The molecule has 0 spiro atoms. The Bertz CT molecular complexity index is 1340. The topological polar surface area (TPSA) is 122 Å². The van der Waals surface area contributed by atoms with Crippen LogP contribution in [0.5, 0.6) is 0 Å². The highest BCUT2D eigenvalue weighted by molar-refractivity contribution is 7.12. The Kier molecular flexibility index (Phi) is 6.82. The summed E-state index contributed by atoms with van der Waals surface area (Å²) in [6.07, 6.45) is 5.52. The molecule has 10 heteroatoms. The molecule has 0 aliphatic carbocycles. The third-order valence-corrected chi connectivity index (χ3v) is 7.07. The minimum Gasteiger partial charge on any atom is -0.381 e. The number of aromatic nitrogens is 4. The van der Waals surface area contributed by atoms with Crippen molar-refractivity contribution in [2.45, 2.75) is 38.3 Å². The van der Waals surface area contributed by atoms with E-state index in [1.54, 1.807) is 12.3 Å². The molecule has 3 N–H and O–H groups in total. The van der Waals surface area contributed by atoms with Crippen molar-refractivity contribution in [2.75, 3.05) is 13.2 Å². The van der Waals surface area contributed by atoms with Crippen molar-refractivity contribution < 1.29 is 14.3 Å². The molecule has 1 unspecified atom stereocenters. The van der Waals surface area contributed by atoms with Gasteiger partial charge in [0.2, 0.25) is 0 Å². The van der Waals surface area contributed by atoms with Crippen molar-refractivity contribution in [3.63, 3.8) is 0 Å². The number of nitrogens with one attached hydrogen (secondary N) is 3. The molecular formula is C25H26N6O3S. The number of hydrogen-bond donors (Lipinski definition) is 3. The van der Waals surface area contributed by atoms with Crippen LogP contribution in [0.4, 0.5) is 0 Å². The second-order valence-corrected chi connectivity index (χ2v) is 9.41. The Morgan fingerprint density at radius 3 is 2.86 bits per heavy atom. The fourth-order valence-corrected chi connectivity index (χ4v) is 4.92. The van der Waals surface area contributed by atoms with E-state index in [9.17, 15) is 9.59 Å². The fourth-order valence-electron chi connectivity index (χ4n) is 4.12. The SMILES string of the molecule is CCC(NC(=O)c1ccc2[nH]ncc2c1)c1cc(-c2csc(C(=O)NC3CCOCC3)c2)ncn1. The monoisotopic (exact) mass is 490 g/mol. The summed E-state index contributed by atoms with van der Waals surface area (Å²) in [5, 5.41) is 15.9. The first kappa shape index (κ1) is 23.1. The lowest BCUT2D eigenvalue weighted by Gasteiger charge is -2.22. The number of hydrogen-bond acceptors (Lipinski definition) is 7. The Balaban J connectivity index is 1.29. The summed E-state index contributed by atoms with van der Waals surface area (Å²) in [7, 11) is 0. The van der Waals surface area contributed by atoms with Crippen LogP contribution in [0, 0.1) is 0 Å². The number of rotatable bonds is 7. The van der Waals surface area contributed by atoms with E-state index in [4.69, 9.17) is 4.74 Å². The van der Waals surface area contributed by atoms with E-state index < -0.39 is 0 Å². The van der Waals surface area contributed by atoms with Crippen LogP contribution in [0.1, 0.15) is 58.0 Å². The summed E-state index contributed by atoms with van der Waals surface area (Å²) >= 11 is 1.39. The van der Waals surface area contributed by atoms with Crippen molar-refractivity contribution >= 4 is 34.1 Å². The Morgan fingerprint density at radius 1 is 1.17 bits per heavy atom. The average molecular weight is 491 g/mol. The van der Waals surface area contributed by atoms with E-state index in [1.807, 2.05) is 36.6 Å². The van der Waals surface area contributed by atoms with Crippen LogP contribution in [0.25, 0.3) is 22.2 Å². The lowest BCUT2D eigenvalue weighted by Crippen LogP contribution is -2.38. The van der Waals surface area contributed by atoms with Gasteiger partial charge in [-0.2, -0.15) is 5.10 Å². The molecule has 1 atom stereocenters. The molecule has 5 rings (SSSR count). The standard InChI is InChI=1S/C25H26N6O3S/c1-2-19(30-24(32)15-3-4-20-16(9-15)12-28-31-20)22-11-21(26-14-27-22)17-10-23(35-13-17)25(33)29-18-5-7-34-8-6-18/h3-4,9-14,18-19H,2,5-8H2,1H3,(H,28,31)(H,29,33)(H,30,32). The van der Waals surface area contributed by atoms with Gasteiger partial charge in [-0.15, -0.1) is 11.3 Å². The van der Waals surface area contributed by atoms with Crippen LogP contribution >= 0.6 is 11.3 Å². The number of fused-ring (bicyclic) bond motifs is 1. The molecule has 1 aliphatic heterocycles. The first-order valence-corrected chi connectivity index (χ1v) is 12.5. The van der Waals surface area contributed by atoms with Crippen molar-refractivity contribution in [1.82, 2.24) is 30.8 Å². The molecule has 1 aromatic carbocycles. The number of H-pyrrole nitrogens is 1. The first-order chi connectivity index (χ1) is 17.1. The molecule has 4 aromatic rings. The maximum absolute atomic E-state index is 12.9. The quantitative estimate of drug-likeness (QED) is 0.362. The van der Waals surface area contributed by atoms with Crippen LogP contribution in [0.2, 0.25) is 0 Å². The molecule has 1 saturated heterocycles. The van der Waals surface area contributed by atoms with Crippen molar-refractivity contribution in [3.8, 4) is 11.3 Å². The lowest BCUT2D eigenvalue weighted by molar-refractivity contribution is 0.0698. The van der Waals surface area contributed by atoms with Gasteiger partial charge in [-0.1, -0.05) is 6.92 Å². The molecule has 0 saturated carbocycles. The molecule has 35 heavy (non-hydrogen) atoms. The Labute approximate surface area is 206 Å². The van der Waals surface area contributed by atoms with Gasteiger partial charge in [0, 0.05) is 41.1 Å². The molecular weight excluding hydrogens is 464 g/mol. The van der Waals surface area contributed by atoms with Crippen LogP contribution in [-0.4, -0.2) is 51.2 Å². The van der Waals surface area contributed by atoms with Gasteiger partial charge in [-0.3, -0.25) is 14.7 Å². The van der Waals surface area contributed by atoms with Gasteiger partial charge < -0.3 is 15.4 Å². The van der Waals surface area contributed by atoms with E-state index in [0.29, 0.717) is 35.8 Å². The molecule has 0 bridgehead atoms. The van der Waals surface area contributed by atoms with Crippen molar-refractivity contribution in [3.05, 3.63) is 64.4 Å². The maximum Gasteiger partial charge on any atom is 0.261 e. The van der Waals surface area contributed by atoms with Crippen LogP contribution in [0.15, 0.2) is 48.2 Å². The van der Waals surface area contributed by atoms with E-state index >= 15 is 0 Å². The van der Waals surface area contributed by atoms with Crippen LogP contribution < -0.4 is 10.6 Å². The molecule has 4 heterocycles. The zero-order valence-corrected chi connectivity index (χ0v) is 20.1. The van der Waals surface area contributed by atoms with Crippen LogP contribution in [-0.2, 0) is 4.74 Å². The van der Waals surface area contributed by atoms with Gasteiger partial charge in [0.15, 0.2) is 0 Å². The molecule has 1 fully saturated rings. The second-order valence-electron chi connectivity index (χ2n) is 8.49. The smallest absolute Gasteiger partial charge is 0.261 e. The number of amides is 2. The van der Waals surface area contributed by atoms with Gasteiger partial charge in [-0.05, 0) is 49.6 Å². The van der Waals surface area contributed by atoms with Crippen LogP contribution in [0.3, 0.4) is 0 Å². The highest BCUT2D eigenvalue weighted by Gasteiger charge is 2.20. The van der Waals surface area contributed by atoms with Gasteiger partial charge >= 0.3 is 0 Å². The van der Waals surface area contributed by atoms with Gasteiger partial charge in [0.1, 0.15) is 6.33 Å². The number of nitrogens with zero attached hydrogens (tertiary/aromatic N) is 3. The number of aromatic amines is 1. The zero-order valence-electron chi connectivity index (χ0n) is 19.3. The summed E-state index contributed by atoms with van der Waals surface area (Å²) in [5.74, 6) is -0.251. The first-order valence-electron chi connectivity index (χ1n) is 11.6. The highest BCUT2D eigenvalue weighted by Crippen LogP contribution is 2.27. The molecule has 3 aromatic heterocycles. The minimum absolute atomic E-state index is 0.0734. The summed E-state index contributed by atoms with van der Waals surface area (Å²) in [4.78, 5) is 35.0. The Morgan fingerprint density at radius 2 is 2.03 bits per heavy atom. The third-order valence-electron chi connectivity index (χ3n) is 6.14. The second kappa shape index (κ2) is 10.3. The number of ether oxygens (including phenoxy) is 1. The number of carbonyl (C=O) groups excluding carboxylic acids is 2. The molecule has 180 valence electrons. The van der Waals surface area contributed by atoms with E-state index in [2.05, 4.69) is 30.8 Å². The fraction of sp³-hybridized carbons (Fsp3) is 0.320. The summed E-state index contributed by atoms with van der Waals surface area (Å²) in [6, 6.07) is 9.01. The maximum atomic E-state index is 12.9. The normalized spacial score (nSPS) is 15.1. The predicted molar refractivity (Wildman–Crippen MR) is 133 cm³/mol. The van der Waals surface area contributed by atoms with Gasteiger partial charge in [-0.25, -0.2) is 9.97 Å². The summed E-state index contributed by atoms with van der Waals surface area (Å²) < 4.78 is 5.36. The van der Waals surface area contributed by atoms with E-state index in [-0.39, 0.29) is 23.9 Å². The number of thiophene rings is 1. The summed E-state index contributed by atoms with van der Waals surface area (Å²) in [5.41, 5.74) is 3.72. The van der Waals surface area contributed by atoms with Crippen molar-refractivity contribution in [1.29, 1.82) is 0 Å². The molecule has 0 radical (unpaired) electrons. The molecule has 1 aliphatic rings.